The molecular weight excluding hydrogens is 270 g/mol. The number of benzene rings is 1. The Bertz CT molecular complexity index is 599. The van der Waals surface area contributed by atoms with Crippen LogP contribution in [0.3, 0.4) is 0 Å². The number of ether oxygens (including phenoxy) is 1. The first-order valence-corrected chi connectivity index (χ1v) is 6.23. The van der Waals surface area contributed by atoms with Crippen molar-refractivity contribution in [3.05, 3.63) is 18.2 Å². The van der Waals surface area contributed by atoms with Crippen LogP contribution in [0.2, 0.25) is 0 Å². The third kappa shape index (κ3) is 3.16. The molecule has 0 amide bonds. The van der Waals surface area contributed by atoms with Gasteiger partial charge in [-0.25, -0.2) is 0 Å². The summed E-state index contributed by atoms with van der Waals surface area (Å²) in [6.45, 7) is 0. The monoisotopic (exact) mass is 281 g/mol. The van der Waals surface area contributed by atoms with Crippen LogP contribution >= 0.6 is 11.8 Å². The number of aromatic amines is 1. The Morgan fingerprint density at radius 3 is 2.95 bits per heavy atom. The van der Waals surface area contributed by atoms with Crippen LogP contribution in [0.15, 0.2) is 23.4 Å². The first-order chi connectivity index (χ1) is 9.10. The van der Waals surface area contributed by atoms with Gasteiger partial charge in [0, 0.05) is 0 Å². The standard InChI is InChI=1S/C11H11N3O4S/c1-18-6-2-3-8(15)7(4-6)10-12-11(14-13-10)19-5-9(16)17/h2-4,15H,5H2,1H3,(H,16,17)(H,12,13,14). The molecule has 0 fully saturated rings. The molecule has 7 nitrogen and oxygen atoms in total. The predicted molar refractivity (Wildman–Crippen MR) is 68.4 cm³/mol. The van der Waals surface area contributed by atoms with Crippen LogP contribution < -0.4 is 4.74 Å². The quantitative estimate of drug-likeness (QED) is 0.710. The minimum Gasteiger partial charge on any atom is -0.507 e. The molecule has 0 unspecified atom stereocenters. The molecule has 0 aliphatic heterocycles. The van der Waals surface area contributed by atoms with E-state index in [2.05, 4.69) is 15.2 Å². The van der Waals surface area contributed by atoms with Crippen LogP contribution in [0.5, 0.6) is 11.5 Å². The zero-order valence-electron chi connectivity index (χ0n) is 9.95. The van der Waals surface area contributed by atoms with E-state index in [0.717, 1.165) is 11.8 Å². The van der Waals surface area contributed by atoms with Crippen molar-refractivity contribution in [3.63, 3.8) is 0 Å². The lowest BCUT2D eigenvalue weighted by molar-refractivity contribution is -0.133. The van der Waals surface area contributed by atoms with Gasteiger partial charge in [0.1, 0.15) is 11.5 Å². The number of H-pyrrole nitrogens is 1. The van der Waals surface area contributed by atoms with Crippen LogP contribution in [0.4, 0.5) is 0 Å². The van der Waals surface area contributed by atoms with Crippen LogP contribution in [-0.4, -0.2) is 44.2 Å². The number of carbonyl (C=O) groups is 1. The summed E-state index contributed by atoms with van der Waals surface area (Å²) in [6.07, 6.45) is 0. The van der Waals surface area contributed by atoms with Gasteiger partial charge in [0.05, 0.1) is 18.4 Å². The molecule has 8 heteroatoms. The number of aromatic nitrogens is 3. The molecule has 2 rings (SSSR count). The molecule has 0 bridgehead atoms. The third-order valence-electron chi connectivity index (χ3n) is 2.26. The third-order valence-corrected chi connectivity index (χ3v) is 3.11. The maximum Gasteiger partial charge on any atom is 0.313 e. The van der Waals surface area contributed by atoms with Crippen molar-refractivity contribution in [2.75, 3.05) is 12.9 Å². The first kappa shape index (κ1) is 13.2. The molecule has 2 aromatic rings. The molecule has 0 saturated heterocycles. The van der Waals surface area contributed by atoms with Gasteiger partial charge in [-0.15, -0.1) is 10.2 Å². The maximum atomic E-state index is 10.4. The second-order valence-electron chi connectivity index (χ2n) is 3.54. The molecule has 1 heterocycles. The molecule has 0 saturated carbocycles. The smallest absolute Gasteiger partial charge is 0.313 e. The average Bonchev–Trinajstić information content (AvgIpc) is 2.85. The number of phenolic OH excluding ortho intramolecular Hbond substituents is 1. The number of carboxylic acid groups (broad SMARTS) is 1. The summed E-state index contributed by atoms with van der Waals surface area (Å²) in [5.41, 5.74) is 0.439. The fraction of sp³-hybridized carbons (Fsp3) is 0.182. The van der Waals surface area contributed by atoms with Crippen molar-refractivity contribution >= 4 is 17.7 Å². The van der Waals surface area contributed by atoms with Crippen molar-refractivity contribution in [1.82, 2.24) is 15.2 Å². The van der Waals surface area contributed by atoms with Crippen LogP contribution in [0, 0.1) is 0 Å². The summed E-state index contributed by atoms with van der Waals surface area (Å²) in [5, 5.41) is 26.4. The average molecular weight is 281 g/mol. The van der Waals surface area contributed by atoms with Gasteiger partial charge in [-0.1, -0.05) is 11.8 Å². The molecule has 0 aliphatic carbocycles. The number of nitrogens with zero attached hydrogens (tertiary/aromatic N) is 2. The van der Waals surface area contributed by atoms with Gasteiger partial charge in [0.25, 0.3) is 0 Å². The minimum absolute atomic E-state index is 0.0340. The van der Waals surface area contributed by atoms with Crippen molar-refractivity contribution in [1.29, 1.82) is 0 Å². The largest absolute Gasteiger partial charge is 0.507 e. The van der Waals surface area contributed by atoms with E-state index in [1.165, 1.54) is 13.2 Å². The lowest BCUT2D eigenvalue weighted by Gasteiger charge is -2.04. The lowest BCUT2D eigenvalue weighted by Crippen LogP contribution is -1.97. The van der Waals surface area contributed by atoms with Crippen molar-refractivity contribution < 1.29 is 19.7 Å². The number of hydrogen-bond donors (Lipinski definition) is 3. The Morgan fingerprint density at radius 2 is 2.26 bits per heavy atom. The number of aliphatic carboxylic acids is 1. The summed E-state index contributed by atoms with van der Waals surface area (Å²) in [4.78, 5) is 13.3. The molecule has 0 radical (unpaired) electrons. The number of carboxylic acids is 1. The molecule has 3 N–H and O–H groups in total. The molecule has 0 spiro atoms. The molecule has 1 aromatic carbocycles. The van der Waals surface area contributed by atoms with Gasteiger partial charge >= 0.3 is 5.97 Å². The Labute approximate surface area is 112 Å². The molecular formula is C11H11N3O4S. The van der Waals surface area contributed by atoms with E-state index in [0.29, 0.717) is 22.3 Å². The fourth-order valence-electron chi connectivity index (χ4n) is 1.39. The van der Waals surface area contributed by atoms with Gasteiger partial charge in [-0.05, 0) is 18.2 Å². The normalized spacial score (nSPS) is 10.4. The molecule has 0 aliphatic rings. The maximum absolute atomic E-state index is 10.4. The zero-order valence-corrected chi connectivity index (χ0v) is 10.8. The highest BCUT2D eigenvalue weighted by atomic mass is 32.2. The zero-order chi connectivity index (χ0) is 13.8. The Kier molecular flexibility index (Phi) is 3.91. The highest BCUT2D eigenvalue weighted by molar-refractivity contribution is 7.99. The molecule has 0 atom stereocenters. The second-order valence-corrected chi connectivity index (χ2v) is 4.51. The SMILES string of the molecule is COc1ccc(O)c(-c2nnc(SCC(=O)O)[nH]2)c1. The lowest BCUT2D eigenvalue weighted by atomic mass is 10.2. The van der Waals surface area contributed by atoms with E-state index in [1.807, 2.05) is 0 Å². The van der Waals surface area contributed by atoms with Crippen molar-refractivity contribution in [2.24, 2.45) is 0 Å². The summed E-state index contributed by atoms with van der Waals surface area (Å²) in [6, 6.07) is 4.72. The number of thioether (sulfide) groups is 1. The Hall–Kier alpha value is -2.22. The van der Waals surface area contributed by atoms with Gasteiger partial charge in [0.15, 0.2) is 11.0 Å². The van der Waals surface area contributed by atoms with Crippen molar-refractivity contribution in [2.45, 2.75) is 5.16 Å². The van der Waals surface area contributed by atoms with Gasteiger partial charge in [-0.2, -0.15) is 0 Å². The fourth-order valence-corrected chi connectivity index (χ4v) is 1.92. The van der Waals surface area contributed by atoms with E-state index in [4.69, 9.17) is 9.84 Å². The highest BCUT2D eigenvalue weighted by Crippen LogP contribution is 2.31. The topological polar surface area (TPSA) is 108 Å². The first-order valence-electron chi connectivity index (χ1n) is 5.25. The van der Waals surface area contributed by atoms with Gasteiger partial charge < -0.3 is 19.9 Å². The van der Waals surface area contributed by atoms with E-state index < -0.39 is 5.97 Å². The number of methoxy groups -OCH3 is 1. The molecule has 1 aromatic heterocycles. The van der Waals surface area contributed by atoms with E-state index in [1.54, 1.807) is 12.1 Å². The Morgan fingerprint density at radius 1 is 1.47 bits per heavy atom. The Balaban J connectivity index is 2.24. The highest BCUT2D eigenvalue weighted by Gasteiger charge is 2.12. The minimum atomic E-state index is -0.938. The predicted octanol–water partition coefficient (Wildman–Crippen LogP) is 1.36. The second kappa shape index (κ2) is 5.61. The van der Waals surface area contributed by atoms with E-state index in [-0.39, 0.29) is 11.5 Å². The van der Waals surface area contributed by atoms with Crippen molar-refractivity contribution in [3.8, 4) is 22.9 Å². The summed E-state index contributed by atoms with van der Waals surface area (Å²) in [7, 11) is 1.52. The number of phenols is 1. The summed E-state index contributed by atoms with van der Waals surface area (Å²) >= 11 is 1.02. The van der Waals surface area contributed by atoms with Crippen LogP contribution in [-0.2, 0) is 4.79 Å². The molecule has 100 valence electrons. The number of aromatic hydroxyl groups is 1. The van der Waals surface area contributed by atoms with E-state index in [9.17, 15) is 9.90 Å². The van der Waals surface area contributed by atoms with Gasteiger partial charge in [-0.3, -0.25) is 4.79 Å². The van der Waals surface area contributed by atoms with E-state index >= 15 is 0 Å². The summed E-state index contributed by atoms with van der Waals surface area (Å²) in [5.74, 6) is -0.0919. The molecule has 19 heavy (non-hydrogen) atoms. The number of nitrogens with one attached hydrogen (secondary N) is 1. The van der Waals surface area contributed by atoms with Gasteiger partial charge in [0.2, 0.25) is 0 Å². The summed E-state index contributed by atoms with van der Waals surface area (Å²) < 4.78 is 5.06. The van der Waals surface area contributed by atoms with Crippen LogP contribution in [0.1, 0.15) is 0 Å². The van der Waals surface area contributed by atoms with Crippen LogP contribution in [0.25, 0.3) is 11.4 Å². The number of rotatable bonds is 5. The number of hydrogen-bond acceptors (Lipinski definition) is 6.